The van der Waals surface area contributed by atoms with Gasteiger partial charge in [0.2, 0.25) is 0 Å². The Morgan fingerprint density at radius 2 is 2.00 bits per heavy atom. The number of aryl methyl sites for hydroxylation is 2. The fraction of sp³-hybridized carbons (Fsp3) is 0.600. The molecule has 0 saturated carbocycles. The molecule has 3 heteroatoms. The number of methoxy groups -OCH3 is 1. The van der Waals surface area contributed by atoms with E-state index in [0.29, 0.717) is 6.04 Å². The van der Waals surface area contributed by atoms with Crippen LogP contribution in [0.25, 0.3) is 0 Å². The average molecular weight is 250 g/mol. The molecule has 0 saturated heterocycles. The topological polar surface area (TPSA) is 38.5 Å². The smallest absolute Gasteiger partial charge is 0.0615 e. The van der Waals surface area contributed by atoms with E-state index in [9.17, 15) is 0 Å². The molecule has 3 nitrogen and oxygen atoms in total. The molecule has 0 spiro atoms. The van der Waals surface area contributed by atoms with E-state index in [-0.39, 0.29) is 6.04 Å². The number of likely N-dealkylation sites (N-methyl/N-ethyl adjacent to an activating group) is 1. The highest BCUT2D eigenvalue weighted by Crippen LogP contribution is 2.18. The fourth-order valence-corrected chi connectivity index (χ4v) is 2.20. The standard InChI is InChI=1S/C15H26N2O/c1-11-6-7-14(12(2)8-11)15(16)9-17(4)13(3)10-18-5/h6-8,13,15H,9-10,16H2,1-5H3. The summed E-state index contributed by atoms with van der Waals surface area (Å²) in [7, 11) is 3.82. The van der Waals surface area contributed by atoms with Crippen LogP contribution in [0.5, 0.6) is 0 Å². The molecule has 0 amide bonds. The van der Waals surface area contributed by atoms with Gasteiger partial charge in [0, 0.05) is 25.7 Å². The summed E-state index contributed by atoms with van der Waals surface area (Å²) in [4.78, 5) is 2.24. The highest BCUT2D eigenvalue weighted by Gasteiger charge is 2.15. The first kappa shape index (κ1) is 15.2. The van der Waals surface area contributed by atoms with Gasteiger partial charge in [-0.1, -0.05) is 23.8 Å². The molecular formula is C15H26N2O. The summed E-state index contributed by atoms with van der Waals surface area (Å²) >= 11 is 0. The van der Waals surface area contributed by atoms with Crippen LogP contribution in [0.2, 0.25) is 0 Å². The van der Waals surface area contributed by atoms with Crippen LogP contribution in [0.1, 0.15) is 29.7 Å². The van der Waals surface area contributed by atoms with Crippen LogP contribution in [-0.4, -0.2) is 38.3 Å². The van der Waals surface area contributed by atoms with Gasteiger partial charge in [-0.05, 0) is 38.9 Å². The summed E-state index contributed by atoms with van der Waals surface area (Å²) in [5.74, 6) is 0. The molecule has 2 atom stereocenters. The van der Waals surface area contributed by atoms with E-state index in [1.165, 1.54) is 16.7 Å². The van der Waals surface area contributed by atoms with Crippen molar-refractivity contribution >= 4 is 0 Å². The highest BCUT2D eigenvalue weighted by atomic mass is 16.5. The number of hydrogen-bond acceptors (Lipinski definition) is 3. The third-order valence-electron chi connectivity index (χ3n) is 3.47. The Hall–Kier alpha value is -0.900. The summed E-state index contributed by atoms with van der Waals surface area (Å²) < 4.78 is 5.17. The first-order valence-corrected chi connectivity index (χ1v) is 6.47. The minimum Gasteiger partial charge on any atom is -0.383 e. The van der Waals surface area contributed by atoms with Crippen LogP contribution in [0.4, 0.5) is 0 Å². The molecule has 2 unspecified atom stereocenters. The van der Waals surface area contributed by atoms with Crippen molar-refractivity contribution in [3.05, 3.63) is 34.9 Å². The van der Waals surface area contributed by atoms with Crippen LogP contribution in [-0.2, 0) is 4.74 Å². The molecule has 0 heterocycles. The number of rotatable bonds is 6. The van der Waals surface area contributed by atoms with Crippen molar-refractivity contribution in [2.24, 2.45) is 5.73 Å². The van der Waals surface area contributed by atoms with Gasteiger partial charge in [-0.2, -0.15) is 0 Å². The zero-order chi connectivity index (χ0) is 13.7. The molecule has 1 rings (SSSR count). The second kappa shape index (κ2) is 6.88. The minimum atomic E-state index is 0.0508. The maximum Gasteiger partial charge on any atom is 0.0615 e. The van der Waals surface area contributed by atoms with Crippen molar-refractivity contribution in [2.75, 3.05) is 27.3 Å². The molecule has 0 radical (unpaired) electrons. The third-order valence-corrected chi connectivity index (χ3v) is 3.47. The molecule has 18 heavy (non-hydrogen) atoms. The van der Waals surface area contributed by atoms with Crippen molar-refractivity contribution in [3.8, 4) is 0 Å². The molecule has 102 valence electrons. The normalized spacial score (nSPS) is 14.8. The van der Waals surface area contributed by atoms with Crippen molar-refractivity contribution < 1.29 is 4.74 Å². The van der Waals surface area contributed by atoms with Crippen molar-refractivity contribution in [1.29, 1.82) is 0 Å². The number of nitrogens with two attached hydrogens (primary N) is 1. The Morgan fingerprint density at radius 1 is 1.33 bits per heavy atom. The van der Waals surface area contributed by atoms with E-state index in [2.05, 4.69) is 50.9 Å². The second-order valence-corrected chi connectivity index (χ2v) is 5.21. The maximum atomic E-state index is 6.30. The molecule has 0 bridgehead atoms. The number of hydrogen-bond donors (Lipinski definition) is 1. The molecule has 1 aromatic rings. The Labute approximate surface area is 111 Å². The molecule has 0 aromatic heterocycles. The molecular weight excluding hydrogens is 224 g/mol. The minimum absolute atomic E-state index is 0.0508. The number of ether oxygens (including phenoxy) is 1. The van der Waals surface area contributed by atoms with E-state index < -0.39 is 0 Å². The van der Waals surface area contributed by atoms with E-state index in [1.54, 1.807) is 7.11 Å². The third kappa shape index (κ3) is 4.09. The lowest BCUT2D eigenvalue weighted by molar-refractivity contribution is 0.112. The highest BCUT2D eigenvalue weighted by molar-refractivity contribution is 5.32. The zero-order valence-electron chi connectivity index (χ0n) is 12.2. The van der Waals surface area contributed by atoms with Gasteiger partial charge in [-0.3, -0.25) is 4.90 Å². The maximum absolute atomic E-state index is 6.30. The predicted octanol–water partition coefficient (Wildman–Crippen LogP) is 2.27. The Morgan fingerprint density at radius 3 is 2.56 bits per heavy atom. The quantitative estimate of drug-likeness (QED) is 0.841. The van der Waals surface area contributed by atoms with E-state index in [0.717, 1.165) is 13.2 Å². The second-order valence-electron chi connectivity index (χ2n) is 5.21. The predicted molar refractivity (Wildman–Crippen MR) is 76.8 cm³/mol. The largest absolute Gasteiger partial charge is 0.383 e. The lowest BCUT2D eigenvalue weighted by Gasteiger charge is -2.27. The number of benzene rings is 1. The van der Waals surface area contributed by atoms with Gasteiger partial charge in [0.05, 0.1) is 6.61 Å². The van der Waals surface area contributed by atoms with E-state index in [4.69, 9.17) is 10.5 Å². The van der Waals surface area contributed by atoms with Crippen LogP contribution in [0.3, 0.4) is 0 Å². The molecule has 0 aliphatic rings. The molecule has 2 N–H and O–H groups in total. The summed E-state index contributed by atoms with van der Waals surface area (Å²) in [5.41, 5.74) is 10.1. The lowest BCUT2D eigenvalue weighted by Crippen LogP contribution is -2.38. The summed E-state index contributed by atoms with van der Waals surface area (Å²) in [5, 5.41) is 0. The first-order valence-electron chi connectivity index (χ1n) is 6.47. The van der Waals surface area contributed by atoms with Gasteiger partial charge in [0.15, 0.2) is 0 Å². The van der Waals surface area contributed by atoms with Gasteiger partial charge in [0.1, 0.15) is 0 Å². The first-order chi connectivity index (χ1) is 8.45. The van der Waals surface area contributed by atoms with Gasteiger partial charge in [0.25, 0.3) is 0 Å². The van der Waals surface area contributed by atoms with Gasteiger partial charge in [-0.15, -0.1) is 0 Å². The van der Waals surface area contributed by atoms with Crippen molar-refractivity contribution in [1.82, 2.24) is 4.90 Å². The summed E-state index contributed by atoms with van der Waals surface area (Å²) in [6, 6.07) is 6.89. The average Bonchev–Trinajstić information content (AvgIpc) is 2.28. The SMILES string of the molecule is COCC(C)N(C)CC(N)c1ccc(C)cc1C. The number of nitrogens with zero attached hydrogens (tertiary/aromatic N) is 1. The van der Waals surface area contributed by atoms with Gasteiger partial charge in [-0.25, -0.2) is 0 Å². The van der Waals surface area contributed by atoms with Gasteiger partial charge >= 0.3 is 0 Å². The fourth-order valence-electron chi connectivity index (χ4n) is 2.20. The molecule has 0 aliphatic heterocycles. The van der Waals surface area contributed by atoms with Crippen molar-refractivity contribution in [2.45, 2.75) is 32.9 Å². The lowest BCUT2D eigenvalue weighted by atomic mass is 9.99. The Kier molecular flexibility index (Phi) is 5.79. The summed E-state index contributed by atoms with van der Waals surface area (Å²) in [6.45, 7) is 7.96. The van der Waals surface area contributed by atoms with Crippen LogP contribution in [0.15, 0.2) is 18.2 Å². The van der Waals surface area contributed by atoms with E-state index >= 15 is 0 Å². The van der Waals surface area contributed by atoms with Crippen LogP contribution >= 0.6 is 0 Å². The molecule has 1 aromatic carbocycles. The molecule has 0 fully saturated rings. The van der Waals surface area contributed by atoms with Gasteiger partial charge < -0.3 is 10.5 Å². The summed E-state index contributed by atoms with van der Waals surface area (Å²) in [6.07, 6.45) is 0. The van der Waals surface area contributed by atoms with Crippen molar-refractivity contribution in [3.63, 3.8) is 0 Å². The Balaban J connectivity index is 2.67. The van der Waals surface area contributed by atoms with Crippen LogP contribution in [0, 0.1) is 13.8 Å². The zero-order valence-corrected chi connectivity index (χ0v) is 12.2. The molecule has 0 aliphatic carbocycles. The Bertz CT molecular complexity index is 379. The van der Waals surface area contributed by atoms with E-state index in [1.807, 2.05) is 0 Å². The monoisotopic (exact) mass is 250 g/mol. The van der Waals surface area contributed by atoms with Crippen LogP contribution < -0.4 is 5.73 Å².